The Morgan fingerprint density at radius 2 is 2.50 bits per heavy atom. The minimum absolute atomic E-state index is 0.0798. The number of aromatic nitrogens is 2. The Kier molecular flexibility index (Phi) is 4.60. The number of nitrogens with zero attached hydrogens (tertiary/aromatic N) is 3. The Morgan fingerprint density at radius 1 is 1.67 bits per heavy atom. The van der Waals surface area contributed by atoms with Gasteiger partial charge >= 0.3 is 0 Å². The first-order chi connectivity index (χ1) is 8.63. The van der Waals surface area contributed by atoms with E-state index in [4.69, 9.17) is 11.6 Å². The summed E-state index contributed by atoms with van der Waals surface area (Å²) in [5, 5.41) is 7.62. The zero-order valence-corrected chi connectivity index (χ0v) is 11.4. The van der Waals surface area contributed by atoms with Gasteiger partial charge in [-0.3, -0.25) is 9.48 Å². The van der Waals surface area contributed by atoms with Crippen LogP contribution in [0.5, 0.6) is 0 Å². The maximum atomic E-state index is 11.7. The van der Waals surface area contributed by atoms with E-state index in [9.17, 15) is 4.79 Å². The SMILES string of the molecule is CN1CC[C@@H](CNC(=O)CCn2cc(Cl)cn2)C1. The fraction of sp³-hybridized carbons (Fsp3) is 0.667. The highest BCUT2D eigenvalue weighted by molar-refractivity contribution is 6.30. The van der Waals surface area contributed by atoms with Crippen LogP contribution in [0.2, 0.25) is 5.02 Å². The van der Waals surface area contributed by atoms with Crippen LogP contribution < -0.4 is 5.32 Å². The van der Waals surface area contributed by atoms with Gasteiger partial charge in [-0.15, -0.1) is 0 Å². The van der Waals surface area contributed by atoms with Crippen LogP contribution in [0, 0.1) is 5.92 Å². The van der Waals surface area contributed by atoms with Crippen LogP contribution in [-0.4, -0.2) is 47.3 Å². The van der Waals surface area contributed by atoms with Gasteiger partial charge in [-0.2, -0.15) is 5.10 Å². The zero-order valence-electron chi connectivity index (χ0n) is 10.6. The normalized spacial score (nSPS) is 20.2. The molecule has 18 heavy (non-hydrogen) atoms. The number of halogens is 1. The fourth-order valence-corrected chi connectivity index (χ4v) is 2.37. The van der Waals surface area contributed by atoms with Gasteiger partial charge in [0.15, 0.2) is 0 Å². The highest BCUT2D eigenvalue weighted by atomic mass is 35.5. The smallest absolute Gasteiger partial charge is 0.221 e. The Labute approximate surface area is 112 Å². The summed E-state index contributed by atoms with van der Waals surface area (Å²) in [7, 11) is 2.11. The zero-order chi connectivity index (χ0) is 13.0. The van der Waals surface area contributed by atoms with Crippen molar-refractivity contribution in [2.45, 2.75) is 19.4 Å². The first-order valence-electron chi connectivity index (χ1n) is 6.26. The number of amides is 1. The number of nitrogens with one attached hydrogen (secondary N) is 1. The predicted octanol–water partition coefficient (Wildman–Crippen LogP) is 0.994. The number of aryl methyl sites for hydroxylation is 1. The van der Waals surface area contributed by atoms with Crippen molar-refractivity contribution in [2.75, 3.05) is 26.7 Å². The van der Waals surface area contributed by atoms with Crippen molar-refractivity contribution in [3.8, 4) is 0 Å². The highest BCUT2D eigenvalue weighted by Crippen LogP contribution is 2.12. The van der Waals surface area contributed by atoms with Gasteiger partial charge in [0, 0.05) is 32.3 Å². The number of rotatable bonds is 5. The number of carbonyl (C=O) groups is 1. The molecule has 100 valence electrons. The lowest BCUT2D eigenvalue weighted by atomic mass is 10.1. The molecule has 2 rings (SSSR count). The summed E-state index contributed by atoms with van der Waals surface area (Å²) in [6.45, 7) is 3.56. The molecule has 1 aliphatic rings. The molecule has 0 aliphatic carbocycles. The molecular weight excluding hydrogens is 252 g/mol. The summed E-state index contributed by atoms with van der Waals surface area (Å²) < 4.78 is 1.69. The summed E-state index contributed by atoms with van der Waals surface area (Å²) in [6.07, 6.45) is 4.92. The lowest BCUT2D eigenvalue weighted by Gasteiger charge is -2.11. The van der Waals surface area contributed by atoms with Crippen LogP contribution in [0.4, 0.5) is 0 Å². The van der Waals surface area contributed by atoms with Crippen molar-refractivity contribution in [3.63, 3.8) is 0 Å². The second kappa shape index (κ2) is 6.20. The van der Waals surface area contributed by atoms with Crippen LogP contribution in [0.1, 0.15) is 12.8 Å². The average molecular weight is 271 g/mol. The molecule has 1 atom stereocenters. The molecule has 1 N–H and O–H groups in total. The van der Waals surface area contributed by atoms with Gasteiger partial charge in [-0.25, -0.2) is 0 Å². The van der Waals surface area contributed by atoms with E-state index in [0.29, 0.717) is 23.9 Å². The van der Waals surface area contributed by atoms with E-state index in [-0.39, 0.29) is 5.91 Å². The summed E-state index contributed by atoms with van der Waals surface area (Å²) in [4.78, 5) is 14.0. The minimum Gasteiger partial charge on any atom is -0.356 e. The van der Waals surface area contributed by atoms with Crippen molar-refractivity contribution >= 4 is 17.5 Å². The Hall–Kier alpha value is -1.07. The first kappa shape index (κ1) is 13.4. The van der Waals surface area contributed by atoms with Crippen molar-refractivity contribution in [1.29, 1.82) is 0 Å². The summed E-state index contributed by atoms with van der Waals surface area (Å²) >= 11 is 5.75. The number of likely N-dealkylation sites (tertiary alicyclic amines) is 1. The lowest BCUT2D eigenvalue weighted by molar-refractivity contribution is -0.121. The molecule has 0 aromatic carbocycles. The van der Waals surface area contributed by atoms with Crippen LogP contribution >= 0.6 is 11.6 Å². The van der Waals surface area contributed by atoms with Gasteiger partial charge in [-0.1, -0.05) is 11.6 Å². The molecule has 0 saturated carbocycles. The molecule has 1 aromatic heterocycles. The van der Waals surface area contributed by atoms with Crippen molar-refractivity contribution in [1.82, 2.24) is 20.0 Å². The summed E-state index contributed by atoms with van der Waals surface area (Å²) in [6, 6.07) is 0. The monoisotopic (exact) mass is 270 g/mol. The van der Waals surface area contributed by atoms with Gasteiger partial charge in [0.25, 0.3) is 0 Å². The van der Waals surface area contributed by atoms with Crippen molar-refractivity contribution in [2.24, 2.45) is 5.92 Å². The van der Waals surface area contributed by atoms with Gasteiger partial charge in [-0.05, 0) is 25.9 Å². The van der Waals surface area contributed by atoms with Crippen molar-refractivity contribution < 1.29 is 4.79 Å². The van der Waals surface area contributed by atoms with Crippen LogP contribution in [0.25, 0.3) is 0 Å². The number of carbonyl (C=O) groups excluding carboxylic acids is 1. The molecule has 5 nitrogen and oxygen atoms in total. The first-order valence-corrected chi connectivity index (χ1v) is 6.64. The maximum Gasteiger partial charge on any atom is 0.221 e. The van der Waals surface area contributed by atoms with Gasteiger partial charge in [0.05, 0.1) is 11.2 Å². The van der Waals surface area contributed by atoms with Crippen LogP contribution in [-0.2, 0) is 11.3 Å². The molecule has 1 fully saturated rings. The van der Waals surface area contributed by atoms with E-state index in [0.717, 1.165) is 19.6 Å². The Morgan fingerprint density at radius 3 is 3.11 bits per heavy atom. The molecule has 0 radical (unpaired) electrons. The second-order valence-electron chi connectivity index (χ2n) is 4.89. The lowest BCUT2D eigenvalue weighted by Crippen LogP contribution is -2.31. The average Bonchev–Trinajstić information content (AvgIpc) is 2.93. The van der Waals surface area contributed by atoms with E-state index in [1.54, 1.807) is 17.1 Å². The third kappa shape index (κ3) is 3.99. The minimum atomic E-state index is 0.0798. The van der Waals surface area contributed by atoms with Crippen molar-refractivity contribution in [3.05, 3.63) is 17.4 Å². The molecule has 6 heteroatoms. The van der Waals surface area contributed by atoms with Gasteiger partial charge < -0.3 is 10.2 Å². The molecule has 1 amide bonds. The largest absolute Gasteiger partial charge is 0.356 e. The van der Waals surface area contributed by atoms with E-state index in [1.165, 1.54) is 6.42 Å². The standard InChI is InChI=1S/C12H19ClN4O/c1-16-4-2-10(8-16)6-14-12(18)3-5-17-9-11(13)7-15-17/h7,9-10H,2-6,8H2,1H3,(H,14,18)/t10-/m0/s1. The number of hydrogen-bond acceptors (Lipinski definition) is 3. The second-order valence-corrected chi connectivity index (χ2v) is 5.33. The third-order valence-corrected chi connectivity index (χ3v) is 3.44. The molecule has 1 aromatic rings. The van der Waals surface area contributed by atoms with Crippen LogP contribution in [0.15, 0.2) is 12.4 Å². The number of hydrogen-bond donors (Lipinski definition) is 1. The molecule has 1 saturated heterocycles. The Balaban J connectivity index is 1.63. The predicted molar refractivity (Wildman–Crippen MR) is 70.5 cm³/mol. The van der Waals surface area contributed by atoms with E-state index in [1.807, 2.05) is 0 Å². The summed E-state index contributed by atoms with van der Waals surface area (Å²) in [5.74, 6) is 0.675. The third-order valence-electron chi connectivity index (χ3n) is 3.25. The fourth-order valence-electron chi connectivity index (χ4n) is 2.22. The molecule has 0 unspecified atom stereocenters. The van der Waals surface area contributed by atoms with Gasteiger partial charge in [0.2, 0.25) is 5.91 Å². The van der Waals surface area contributed by atoms with Crippen LogP contribution in [0.3, 0.4) is 0 Å². The molecule has 0 bridgehead atoms. The van der Waals surface area contributed by atoms with E-state index in [2.05, 4.69) is 22.4 Å². The molecule has 2 heterocycles. The molecule has 0 spiro atoms. The molecule has 1 aliphatic heterocycles. The van der Waals surface area contributed by atoms with E-state index >= 15 is 0 Å². The maximum absolute atomic E-state index is 11.7. The molecular formula is C12H19ClN4O. The topological polar surface area (TPSA) is 50.2 Å². The summed E-state index contributed by atoms with van der Waals surface area (Å²) in [5.41, 5.74) is 0. The van der Waals surface area contributed by atoms with E-state index < -0.39 is 0 Å². The van der Waals surface area contributed by atoms with Gasteiger partial charge in [0.1, 0.15) is 0 Å². The highest BCUT2D eigenvalue weighted by Gasteiger charge is 2.19. The Bertz CT molecular complexity index is 407. The quantitative estimate of drug-likeness (QED) is 0.868.